The van der Waals surface area contributed by atoms with E-state index in [1.807, 2.05) is 6.92 Å². The third-order valence-corrected chi connectivity index (χ3v) is 2.56. The molecule has 7 nitrogen and oxygen atoms in total. The van der Waals surface area contributed by atoms with Gasteiger partial charge in [-0.2, -0.15) is 4.98 Å². The van der Waals surface area contributed by atoms with Crippen molar-refractivity contribution in [2.75, 3.05) is 24.2 Å². The molecular weight excluding hydrogens is 270 g/mol. The SMILES string of the molecule is C/C=C(/COc1cnc(N)nc1NCCCC)O/N=C/C. The lowest BCUT2D eigenvalue weighted by Gasteiger charge is -2.12. The van der Waals surface area contributed by atoms with Crippen LogP contribution in [-0.2, 0) is 4.84 Å². The summed E-state index contributed by atoms with van der Waals surface area (Å²) >= 11 is 0. The zero-order chi connectivity index (χ0) is 15.5. The average molecular weight is 293 g/mol. The first kappa shape index (κ1) is 16.7. The molecule has 1 heterocycles. The van der Waals surface area contributed by atoms with Gasteiger partial charge in [-0.25, -0.2) is 4.98 Å². The molecule has 0 radical (unpaired) electrons. The molecule has 1 rings (SSSR count). The Labute approximate surface area is 125 Å². The second-order valence-corrected chi connectivity index (χ2v) is 4.22. The monoisotopic (exact) mass is 293 g/mol. The number of aromatic nitrogens is 2. The minimum atomic E-state index is 0.208. The summed E-state index contributed by atoms with van der Waals surface area (Å²) in [6.45, 7) is 6.79. The molecule has 1 aromatic rings. The van der Waals surface area contributed by atoms with Gasteiger partial charge in [0.05, 0.1) is 6.20 Å². The van der Waals surface area contributed by atoms with E-state index in [2.05, 4.69) is 27.4 Å². The van der Waals surface area contributed by atoms with E-state index in [4.69, 9.17) is 15.3 Å². The van der Waals surface area contributed by atoms with Gasteiger partial charge in [-0.05, 0) is 26.3 Å². The van der Waals surface area contributed by atoms with Crippen molar-refractivity contribution in [1.82, 2.24) is 9.97 Å². The number of ether oxygens (including phenoxy) is 1. The lowest BCUT2D eigenvalue weighted by atomic mass is 10.3. The molecule has 0 saturated heterocycles. The summed E-state index contributed by atoms with van der Waals surface area (Å²) in [4.78, 5) is 13.2. The van der Waals surface area contributed by atoms with Crippen LogP contribution < -0.4 is 15.8 Å². The fraction of sp³-hybridized carbons (Fsp3) is 0.500. The summed E-state index contributed by atoms with van der Waals surface area (Å²) in [6.07, 6.45) is 7.03. The van der Waals surface area contributed by atoms with Crippen molar-refractivity contribution in [1.29, 1.82) is 0 Å². The van der Waals surface area contributed by atoms with Crippen LogP contribution in [0.1, 0.15) is 33.6 Å². The van der Waals surface area contributed by atoms with Crippen molar-refractivity contribution in [3.05, 3.63) is 18.0 Å². The zero-order valence-corrected chi connectivity index (χ0v) is 12.8. The number of rotatable bonds is 9. The van der Waals surface area contributed by atoms with Crippen LogP contribution in [-0.4, -0.2) is 29.3 Å². The van der Waals surface area contributed by atoms with Crippen molar-refractivity contribution in [3.8, 4) is 5.75 Å². The summed E-state index contributed by atoms with van der Waals surface area (Å²) in [5.41, 5.74) is 5.61. The van der Waals surface area contributed by atoms with E-state index in [1.165, 1.54) is 0 Å². The summed E-state index contributed by atoms with van der Waals surface area (Å²) < 4.78 is 5.66. The molecule has 0 fully saturated rings. The van der Waals surface area contributed by atoms with Crippen molar-refractivity contribution in [2.24, 2.45) is 5.16 Å². The number of oxime groups is 1. The van der Waals surface area contributed by atoms with Gasteiger partial charge in [-0.1, -0.05) is 18.5 Å². The van der Waals surface area contributed by atoms with Crippen molar-refractivity contribution >= 4 is 18.0 Å². The molecule has 0 atom stereocenters. The van der Waals surface area contributed by atoms with Gasteiger partial charge in [-0.15, -0.1) is 0 Å². The normalized spacial score (nSPS) is 11.7. The van der Waals surface area contributed by atoms with Crippen LogP contribution in [0.2, 0.25) is 0 Å². The number of allylic oxidation sites excluding steroid dienone is 1. The fourth-order valence-electron chi connectivity index (χ4n) is 1.43. The van der Waals surface area contributed by atoms with Gasteiger partial charge in [0.1, 0.15) is 6.61 Å². The van der Waals surface area contributed by atoms with E-state index in [-0.39, 0.29) is 12.6 Å². The van der Waals surface area contributed by atoms with E-state index in [9.17, 15) is 0 Å². The average Bonchev–Trinajstić information content (AvgIpc) is 2.49. The minimum absolute atomic E-state index is 0.208. The third-order valence-electron chi connectivity index (χ3n) is 2.56. The molecule has 0 bridgehead atoms. The first-order valence-electron chi connectivity index (χ1n) is 7.00. The second kappa shape index (κ2) is 9.57. The standard InChI is InChI=1S/C14H23N5O2/c1-4-7-8-16-13-12(9-17-14(15)19-13)20-10-11(5-2)21-18-6-3/h5-6,9H,4,7-8,10H2,1-3H3,(H3,15,16,17,19)/b11-5-,18-6+. The molecule has 116 valence electrons. The van der Waals surface area contributed by atoms with Crippen LogP contribution in [0.25, 0.3) is 0 Å². The first-order valence-corrected chi connectivity index (χ1v) is 7.00. The van der Waals surface area contributed by atoms with E-state index < -0.39 is 0 Å². The Bertz CT molecular complexity index is 488. The minimum Gasteiger partial charge on any atom is -0.480 e. The lowest BCUT2D eigenvalue weighted by Crippen LogP contribution is -2.10. The van der Waals surface area contributed by atoms with Crippen LogP contribution >= 0.6 is 0 Å². The number of anilines is 2. The van der Waals surface area contributed by atoms with Crippen LogP contribution in [0.4, 0.5) is 11.8 Å². The molecule has 0 aliphatic rings. The van der Waals surface area contributed by atoms with Crippen molar-refractivity contribution in [2.45, 2.75) is 33.6 Å². The number of hydrogen-bond acceptors (Lipinski definition) is 7. The van der Waals surface area contributed by atoms with Crippen LogP contribution in [0, 0.1) is 0 Å². The Hall–Kier alpha value is -2.31. The summed E-state index contributed by atoms with van der Waals surface area (Å²) in [5.74, 6) is 1.93. The highest BCUT2D eigenvalue weighted by molar-refractivity contribution is 5.52. The van der Waals surface area contributed by atoms with Crippen LogP contribution in [0.5, 0.6) is 5.75 Å². The Morgan fingerprint density at radius 1 is 1.48 bits per heavy atom. The van der Waals surface area contributed by atoms with Gasteiger partial charge in [0.2, 0.25) is 5.95 Å². The maximum Gasteiger partial charge on any atom is 0.222 e. The smallest absolute Gasteiger partial charge is 0.222 e. The molecule has 0 spiro atoms. The number of nitrogens with one attached hydrogen (secondary N) is 1. The zero-order valence-electron chi connectivity index (χ0n) is 12.8. The number of hydrogen-bond donors (Lipinski definition) is 2. The van der Waals surface area contributed by atoms with Gasteiger partial charge in [0.25, 0.3) is 0 Å². The Morgan fingerprint density at radius 2 is 2.29 bits per heavy atom. The molecule has 0 saturated carbocycles. The van der Waals surface area contributed by atoms with E-state index in [0.29, 0.717) is 17.3 Å². The van der Waals surface area contributed by atoms with Gasteiger partial charge in [0.15, 0.2) is 17.3 Å². The maximum absolute atomic E-state index is 5.66. The Kier molecular flexibility index (Phi) is 7.63. The number of nitrogens with two attached hydrogens (primary N) is 1. The lowest BCUT2D eigenvalue weighted by molar-refractivity contribution is 0.179. The number of unbranched alkanes of at least 4 members (excludes halogenated alkanes) is 1. The largest absolute Gasteiger partial charge is 0.480 e. The topological polar surface area (TPSA) is 94.7 Å². The van der Waals surface area contributed by atoms with Gasteiger partial charge in [-0.3, -0.25) is 0 Å². The number of nitrogens with zero attached hydrogens (tertiary/aromatic N) is 3. The Morgan fingerprint density at radius 3 is 2.95 bits per heavy atom. The highest BCUT2D eigenvalue weighted by Crippen LogP contribution is 2.22. The molecule has 3 N–H and O–H groups in total. The third kappa shape index (κ3) is 6.11. The van der Waals surface area contributed by atoms with Crippen molar-refractivity contribution in [3.63, 3.8) is 0 Å². The molecule has 0 aliphatic heterocycles. The fourth-order valence-corrected chi connectivity index (χ4v) is 1.43. The first-order chi connectivity index (χ1) is 10.2. The van der Waals surface area contributed by atoms with Gasteiger partial charge in [0, 0.05) is 12.8 Å². The maximum atomic E-state index is 5.66. The highest BCUT2D eigenvalue weighted by atomic mass is 16.6. The van der Waals surface area contributed by atoms with E-state index in [0.717, 1.165) is 19.4 Å². The molecule has 7 heteroatoms. The van der Waals surface area contributed by atoms with E-state index in [1.54, 1.807) is 25.4 Å². The second-order valence-electron chi connectivity index (χ2n) is 4.22. The summed E-state index contributed by atoms with van der Waals surface area (Å²) in [6, 6.07) is 0. The summed E-state index contributed by atoms with van der Waals surface area (Å²) in [7, 11) is 0. The van der Waals surface area contributed by atoms with E-state index >= 15 is 0 Å². The van der Waals surface area contributed by atoms with Crippen LogP contribution in [0.15, 0.2) is 23.2 Å². The molecular formula is C14H23N5O2. The van der Waals surface area contributed by atoms with Crippen molar-refractivity contribution < 1.29 is 9.57 Å². The van der Waals surface area contributed by atoms with Crippen LogP contribution in [0.3, 0.4) is 0 Å². The predicted molar refractivity (Wildman–Crippen MR) is 84.3 cm³/mol. The molecule has 0 aliphatic carbocycles. The highest BCUT2D eigenvalue weighted by Gasteiger charge is 2.08. The quantitative estimate of drug-likeness (QED) is 0.314. The number of nitrogen functional groups attached to an aromatic ring is 1. The molecule has 0 aromatic carbocycles. The predicted octanol–water partition coefficient (Wildman–Crippen LogP) is 2.58. The molecule has 0 amide bonds. The summed E-state index contributed by atoms with van der Waals surface area (Å²) in [5, 5.41) is 6.91. The molecule has 0 unspecified atom stereocenters. The van der Waals surface area contributed by atoms with Gasteiger partial charge >= 0.3 is 0 Å². The van der Waals surface area contributed by atoms with Gasteiger partial charge < -0.3 is 20.6 Å². The molecule has 1 aromatic heterocycles. The Balaban J connectivity index is 2.68. The molecule has 21 heavy (non-hydrogen) atoms.